The summed E-state index contributed by atoms with van der Waals surface area (Å²) in [6.45, 7) is 13.8. The molecule has 0 saturated carbocycles. The largest absolute Gasteiger partial charge is 0.478 e. The monoisotopic (exact) mass is 356 g/mol. The fourth-order valence-corrected chi connectivity index (χ4v) is 1.74. The van der Waals surface area contributed by atoms with Crippen molar-refractivity contribution in [1.82, 2.24) is 0 Å². The first-order valence-corrected chi connectivity index (χ1v) is 9.48. The molecule has 0 radical (unpaired) electrons. The Kier molecular flexibility index (Phi) is 25.3. The van der Waals surface area contributed by atoms with Gasteiger partial charge >= 0.3 is 11.9 Å². The van der Waals surface area contributed by atoms with Gasteiger partial charge in [0.25, 0.3) is 0 Å². The number of unbranched alkanes of at least 4 members (excludes halogenated alkanes) is 10. The third kappa shape index (κ3) is 34.7. The van der Waals surface area contributed by atoms with Crippen molar-refractivity contribution in [3.63, 3.8) is 0 Å². The number of aliphatic carboxylic acids is 2. The number of carboxylic acid groups (broad SMARTS) is 2. The van der Waals surface area contributed by atoms with E-state index in [2.05, 4.69) is 27.0 Å². The van der Waals surface area contributed by atoms with Crippen LogP contribution in [-0.2, 0) is 9.59 Å². The van der Waals surface area contributed by atoms with Crippen LogP contribution in [0.2, 0.25) is 0 Å². The molecule has 0 unspecified atom stereocenters. The molecular weight excluding hydrogens is 316 g/mol. The van der Waals surface area contributed by atoms with Crippen LogP contribution in [0.15, 0.2) is 24.3 Å². The zero-order valence-electron chi connectivity index (χ0n) is 16.9. The molecule has 0 heterocycles. The molecule has 0 aromatic carbocycles. The van der Waals surface area contributed by atoms with Crippen molar-refractivity contribution in [3.8, 4) is 0 Å². The van der Waals surface area contributed by atoms with Crippen LogP contribution in [0, 0.1) is 0 Å². The van der Waals surface area contributed by atoms with Crippen molar-refractivity contribution in [2.45, 2.75) is 98.3 Å². The second-order valence-electron chi connectivity index (χ2n) is 6.35. The molecule has 0 aliphatic heterocycles. The fourth-order valence-electron chi connectivity index (χ4n) is 1.74. The summed E-state index contributed by atoms with van der Waals surface area (Å²) in [5, 5.41) is 15.8. The Morgan fingerprint density at radius 1 is 0.600 bits per heavy atom. The summed E-state index contributed by atoms with van der Waals surface area (Å²) >= 11 is 0. The van der Waals surface area contributed by atoms with E-state index in [0.29, 0.717) is 0 Å². The molecule has 148 valence electrons. The highest BCUT2D eigenvalue weighted by Crippen LogP contribution is 2.10. The summed E-state index contributed by atoms with van der Waals surface area (Å²) < 4.78 is 0. The summed E-state index contributed by atoms with van der Waals surface area (Å²) in [7, 11) is 0. The minimum atomic E-state index is -0.935. The van der Waals surface area contributed by atoms with Crippen LogP contribution < -0.4 is 0 Å². The SMILES string of the molecule is C=C(C)C(=O)O.C=C(C)C(=O)O.CCCCCCCCCCCCC. The summed E-state index contributed by atoms with van der Waals surface area (Å²) in [5.74, 6) is -1.87. The number of hydrogen-bond donors (Lipinski definition) is 2. The van der Waals surface area contributed by atoms with Crippen molar-refractivity contribution in [3.05, 3.63) is 24.3 Å². The summed E-state index contributed by atoms with van der Waals surface area (Å²) in [6, 6.07) is 0. The minimum Gasteiger partial charge on any atom is -0.478 e. The summed E-state index contributed by atoms with van der Waals surface area (Å²) in [5.41, 5.74) is 0.352. The molecular formula is C21H40O4. The van der Waals surface area contributed by atoms with E-state index in [0.717, 1.165) is 0 Å². The van der Waals surface area contributed by atoms with Gasteiger partial charge in [0.1, 0.15) is 0 Å². The van der Waals surface area contributed by atoms with E-state index >= 15 is 0 Å². The Balaban J connectivity index is -0.000000336. The topological polar surface area (TPSA) is 74.6 Å². The summed E-state index contributed by atoms with van der Waals surface area (Å²) in [4.78, 5) is 19.2. The Labute approximate surface area is 155 Å². The summed E-state index contributed by atoms with van der Waals surface area (Å²) in [6.07, 6.45) is 15.9. The number of rotatable bonds is 12. The van der Waals surface area contributed by atoms with Crippen LogP contribution in [-0.4, -0.2) is 22.2 Å². The Morgan fingerprint density at radius 2 is 0.760 bits per heavy atom. The van der Waals surface area contributed by atoms with E-state index in [4.69, 9.17) is 10.2 Å². The van der Waals surface area contributed by atoms with Gasteiger partial charge in [-0.3, -0.25) is 0 Å². The van der Waals surface area contributed by atoms with E-state index in [9.17, 15) is 9.59 Å². The number of carboxylic acids is 2. The predicted octanol–water partition coefficient (Wildman–Crippen LogP) is 6.61. The smallest absolute Gasteiger partial charge is 0.330 e. The fraction of sp³-hybridized carbons (Fsp3) is 0.714. The molecule has 0 aromatic rings. The lowest BCUT2D eigenvalue weighted by molar-refractivity contribution is -0.133. The van der Waals surface area contributed by atoms with Crippen molar-refractivity contribution >= 4 is 11.9 Å². The second-order valence-corrected chi connectivity index (χ2v) is 6.35. The highest BCUT2D eigenvalue weighted by Gasteiger charge is 1.91. The molecule has 0 amide bonds. The Bertz CT molecular complexity index is 301. The molecule has 0 saturated heterocycles. The molecule has 0 fully saturated rings. The molecule has 0 bridgehead atoms. The van der Waals surface area contributed by atoms with Crippen LogP contribution >= 0.6 is 0 Å². The van der Waals surface area contributed by atoms with E-state index in [1.807, 2.05) is 0 Å². The first kappa shape index (κ1) is 28.2. The number of carbonyl (C=O) groups is 2. The van der Waals surface area contributed by atoms with E-state index in [-0.39, 0.29) is 11.1 Å². The van der Waals surface area contributed by atoms with Gasteiger partial charge in [-0.25, -0.2) is 9.59 Å². The lowest BCUT2D eigenvalue weighted by Crippen LogP contribution is -1.92. The maximum Gasteiger partial charge on any atom is 0.330 e. The molecule has 2 N–H and O–H groups in total. The molecule has 0 rings (SSSR count). The van der Waals surface area contributed by atoms with E-state index < -0.39 is 11.9 Å². The molecule has 25 heavy (non-hydrogen) atoms. The molecule has 0 aliphatic rings. The van der Waals surface area contributed by atoms with Gasteiger partial charge in [0, 0.05) is 11.1 Å². The third-order valence-electron chi connectivity index (χ3n) is 3.44. The van der Waals surface area contributed by atoms with Gasteiger partial charge in [-0.05, 0) is 13.8 Å². The maximum atomic E-state index is 9.60. The molecule has 4 nitrogen and oxygen atoms in total. The third-order valence-corrected chi connectivity index (χ3v) is 3.44. The zero-order valence-corrected chi connectivity index (χ0v) is 16.9. The second kappa shape index (κ2) is 22.4. The van der Waals surface area contributed by atoms with E-state index in [1.165, 1.54) is 84.5 Å². The zero-order chi connectivity index (χ0) is 20.1. The average molecular weight is 357 g/mol. The predicted molar refractivity (Wildman–Crippen MR) is 107 cm³/mol. The van der Waals surface area contributed by atoms with Crippen molar-refractivity contribution in [1.29, 1.82) is 0 Å². The average Bonchev–Trinajstić information content (AvgIpc) is 2.54. The van der Waals surface area contributed by atoms with Gasteiger partial charge in [-0.2, -0.15) is 0 Å². The minimum absolute atomic E-state index is 0.176. The molecule has 0 spiro atoms. The van der Waals surface area contributed by atoms with Crippen LogP contribution in [0.4, 0.5) is 0 Å². The standard InChI is InChI=1S/C13H28.2C4H6O2/c1-3-5-7-9-11-13-12-10-8-6-4-2;2*1-3(2)4(5)6/h3-13H2,1-2H3;2*1H2,2H3,(H,5,6). The maximum absolute atomic E-state index is 9.60. The molecule has 4 heteroatoms. The Hall–Kier alpha value is -1.58. The van der Waals surface area contributed by atoms with Crippen LogP contribution in [0.3, 0.4) is 0 Å². The normalized spacial score (nSPS) is 9.12. The van der Waals surface area contributed by atoms with Crippen LogP contribution in [0.25, 0.3) is 0 Å². The van der Waals surface area contributed by atoms with Gasteiger partial charge in [-0.1, -0.05) is 97.6 Å². The van der Waals surface area contributed by atoms with Gasteiger partial charge in [-0.15, -0.1) is 0 Å². The highest BCUT2D eigenvalue weighted by atomic mass is 16.4. The molecule has 0 atom stereocenters. The van der Waals surface area contributed by atoms with Gasteiger partial charge in [0.2, 0.25) is 0 Å². The van der Waals surface area contributed by atoms with Crippen LogP contribution in [0.5, 0.6) is 0 Å². The molecule has 0 aromatic heterocycles. The van der Waals surface area contributed by atoms with Crippen molar-refractivity contribution in [2.24, 2.45) is 0 Å². The lowest BCUT2D eigenvalue weighted by Gasteiger charge is -2.00. The van der Waals surface area contributed by atoms with Crippen LogP contribution in [0.1, 0.15) is 98.3 Å². The highest BCUT2D eigenvalue weighted by molar-refractivity contribution is 5.85. The van der Waals surface area contributed by atoms with Gasteiger partial charge < -0.3 is 10.2 Å². The number of hydrogen-bond acceptors (Lipinski definition) is 2. The van der Waals surface area contributed by atoms with Gasteiger partial charge in [0.05, 0.1) is 0 Å². The van der Waals surface area contributed by atoms with E-state index in [1.54, 1.807) is 0 Å². The van der Waals surface area contributed by atoms with Crippen molar-refractivity contribution in [2.75, 3.05) is 0 Å². The quantitative estimate of drug-likeness (QED) is 0.305. The van der Waals surface area contributed by atoms with Gasteiger partial charge in [0.15, 0.2) is 0 Å². The molecule has 0 aliphatic carbocycles. The first-order valence-electron chi connectivity index (χ1n) is 9.48. The van der Waals surface area contributed by atoms with Crippen molar-refractivity contribution < 1.29 is 19.8 Å². The Morgan fingerprint density at radius 3 is 0.880 bits per heavy atom. The lowest BCUT2D eigenvalue weighted by atomic mass is 10.1. The first-order chi connectivity index (χ1) is 11.7.